The third kappa shape index (κ3) is 3.65. The molecule has 156 valence electrons. The van der Waals surface area contributed by atoms with Gasteiger partial charge in [0.15, 0.2) is 0 Å². The van der Waals surface area contributed by atoms with E-state index in [0.717, 1.165) is 0 Å². The molecule has 4 aromatic rings. The minimum atomic E-state index is -0.604. The molecule has 0 saturated heterocycles. The van der Waals surface area contributed by atoms with Crippen molar-refractivity contribution in [2.45, 2.75) is 0 Å². The number of fused-ring (bicyclic) bond motifs is 2. The third-order valence-corrected chi connectivity index (χ3v) is 4.92. The highest BCUT2D eigenvalue weighted by Crippen LogP contribution is 2.29. The van der Waals surface area contributed by atoms with Gasteiger partial charge in [-0.25, -0.2) is 9.59 Å². The molecule has 0 radical (unpaired) electrons. The van der Waals surface area contributed by atoms with Crippen LogP contribution in [0, 0.1) is 20.2 Å². The normalized spacial score (nSPS) is 10.8. The molecule has 12 nitrogen and oxygen atoms in total. The second-order valence-corrected chi connectivity index (χ2v) is 6.95. The minimum absolute atomic E-state index is 0.00208. The number of aryl methyl sites for hydroxylation is 2. The number of rotatable bonds is 2. The summed E-state index contributed by atoms with van der Waals surface area (Å²) in [5, 5.41) is 21.2. The number of nitrogens with one attached hydrogen (secondary N) is 2. The number of imidazole rings is 2. The number of aromatic amines is 2. The van der Waals surface area contributed by atoms with Gasteiger partial charge in [-0.1, -0.05) is 23.2 Å². The summed E-state index contributed by atoms with van der Waals surface area (Å²) >= 11 is 11.4. The van der Waals surface area contributed by atoms with Gasteiger partial charge in [0.2, 0.25) is 0 Å². The van der Waals surface area contributed by atoms with E-state index >= 15 is 0 Å². The maximum atomic E-state index is 11.6. The van der Waals surface area contributed by atoms with Gasteiger partial charge in [0, 0.05) is 26.2 Å². The summed E-state index contributed by atoms with van der Waals surface area (Å²) in [5.41, 5.74) is 0.788. The van der Waals surface area contributed by atoms with Crippen molar-refractivity contribution >= 4 is 56.6 Å². The first-order valence-electron chi connectivity index (χ1n) is 8.06. The molecule has 2 aromatic carbocycles. The van der Waals surface area contributed by atoms with Crippen LogP contribution in [0.3, 0.4) is 0 Å². The lowest BCUT2D eigenvalue weighted by atomic mass is 10.2. The van der Waals surface area contributed by atoms with Gasteiger partial charge >= 0.3 is 11.4 Å². The summed E-state index contributed by atoms with van der Waals surface area (Å²) in [6, 6.07) is 5.29. The summed E-state index contributed by atoms with van der Waals surface area (Å²) < 4.78 is 2.74. The topological polar surface area (TPSA) is 162 Å². The Labute approximate surface area is 175 Å². The second kappa shape index (κ2) is 7.65. The molecule has 0 fully saturated rings. The Morgan fingerprint density at radius 1 is 0.800 bits per heavy atom. The molecule has 0 saturated carbocycles. The van der Waals surface area contributed by atoms with Crippen molar-refractivity contribution in [1.82, 2.24) is 19.1 Å². The van der Waals surface area contributed by atoms with E-state index in [2.05, 4.69) is 9.97 Å². The van der Waals surface area contributed by atoms with Crippen LogP contribution in [0.1, 0.15) is 0 Å². The Morgan fingerprint density at radius 2 is 1.23 bits per heavy atom. The lowest BCUT2D eigenvalue weighted by Crippen LogP contribution is -2.19. The molecular formula is C16H12Cl2N6O6. The maximum absolute atomic E-state index is 11.6. The molecule has 2 aromatic heterocycles. The molecule has 30 heavy (non-hydrogen) atoms. The smallest absolute Gasteiger partial charge is 0.306 e. The summed E-state index contributed by atoms with van der Waals surface area (Å²) in [6.45, 7) is 0. The first-order chi connectivity index (χ1) is 14.0. The van der Waals surface area contributed by atoms with Crippen molar-refractivity contribution in [1.29, 1.82) is 0 Å². The molecule has 2 heterocycles. The van der Waals surface area contributed by atoms with Gasteiger partial charge in [-0.2, -0.15) is 0 Å². The number of benzene rings is 2. The molecule has 0 unspecified atom stereocenters. The minimum Gasteiger partial charge on any atom is -0.306 e. The molecule has 0 spiro atoms. The van der Waals surface area contributed by atoms with Crippen molar-refractivity contribution in [3.8, 4) is 0 Å². The van der Waals surface area contributed by atoms with Gasteiger partial charge in [0.05, 0.1) is 31.9 Å². The lowest BCUT2D eigenvalue weighted by Gasteiger charge is -1.97. The predicted molar refractivity (Wildman–Crippen MR) is 110 cm³/mol. The molecule has 0 atom stereocenters. The summed E-state index contributed by atoms with van der Waals surface area (Å²) in [4.78, 5) is 47.3. The zero-order valence-electron chi connectivity index (χ0n) is 15.3. The zero-order valence-corrected chi connectivity index (χ0v) is 16.8. The largest absolute Gasteiger partial charge is 0.328 e. The Kier molecular flexibility index (Phi) is 5.37. The summed E-state index contributed by atoms with van der Waals surface area (Å²) in [5.74, 6) is 0. The van der Waals surface area contributed by atoms with E-state index in [1.165, 1.54) is 33.4 Å². The van der Waals surface area contributed by atoms with E-state index in [0.29, 0.717) is 22.1 Å². The van der Waals surface area contributed by atoms with Crippen LogP contribution in [0.15, 0.2) is 33.9 Å². The van der Waals surface area contributed by atoms with Crippen LogP contribution in [0.2, 0.25) is 10.0 Å². The maximum Gasteiger partial charge on any atom is 0.328 e. The molecule has 0 aliphatic rings. The van der Waals surface area contributed by atoms with E-state index < -0.39 is 15.5 Å². The van der Waals surface area contributed by atoms with Crippen LogP contribution >= 0.6 is 23.2 Å². The van der Waals surface area contributed by atoms with Crippen LogP contribution in [0.25, 0.3) is 22.1 Å². The standard InChI is InChI=1S/C9H8ClN3O3.C7H4ClN3O3/c1-11-7-3-5(10)6(13(15)16)4-8(7)12(2)9(11)14;8-3-1-4-5(10-7(12)9-4)2-6(3)11(13)14/h3-4H,1-2H3;1-2H,(H2,9,10,12). The number of nitro benzene ring substituents is 2. The fourth-order valence-corrected chi connectivity index (χ4v) is 3.29. The Balaban J connectivity index is 0.000000172. The van der Waals surface area contributed by atoms with Gasteiger partial charge in [-0.05, 0) is 12.1 Å². The number of halogens is 2. The van der Waals surface area contributed by atoms with Gasteiger partial charge in [0.25, 0.3) is 11.4 Å². The SMILES string of the molecule is Cn1c(=O)n(C)c2cc([N+](=O)[O-])c(Cl)cc21.O=c1[nH]c2cc(Cl)c([N+](=O)[O-])cc2[nH]1. The van der Waals surface area contributed by atoms with Crippen molar-refractivity contribution in [3.05, 3.63) is 75.5 Å². The number of nitro groups is 2. The molecular weight excluding hydrogens is 443 g/mol. The zero-order chi connectivity index (χ0) is 22.3. The average molecular weight is 455 g/mol. The molecule has 4 rings (SSSR count). The molecule has 0 aliphatic carbocycles. The van der Waals surface area contributed by atoms with Crippen LogP contribution in [-0.4, -0.2) is 28.9 Å². The fraction of sp³-hybridized carbons (Fsp3) is 0.125. The van der Waals surface area contributed by atoms with E-state index in [1.807, 2.05) is 0 Å². The Hall–Kier alpha value is -3.64. The van der Waals surface area contributed by atoms with Crippen LogP contribution in [0.5, 0.6) is 0 Å². The van der Waals surface area contributed by atoms with Gasteiger partial charge in [-0.3, -0.25) is 29.4 Å². The molecule has 2 N–H and O–H groups in total. The highest BCUT2D eigenvalue weighted by Gasteiger charge is 2.18. The Bertz CT molecular complexity index is 1450. The molecule has 14 heteroatoms. The van der Waals surface area contributed by atoms with Crippen LogP contribution < -0.4 is 11.4 Å². The second-order valence-electron chi connectivity index (χ2n) is 6.14. The number of aromatic nitrogens is 4. The highest BCUT2D eigenvalue weighted by atomic mass is 35.5. The lowest BCUT2D eigenvalue weighted by molar-refractivity contribution is -0.384. The van der Waals surface area contributed by atoms with Crippen LogP contribution in [-0.2, 0) is 14.1 Å². The number of hydrogen-bond donors (Lipinski definition) is 2. The molecule has 0 amide bonds. The van der Waals surface area contributed by atoms with Gasteiger partial charge in [-0.15, -0.1) is 0 Å². The average Bonchev–Trinajstić information content (AvgIpc) is 3.12. The number of H-pyrrole nitrogens is 2. The summed E-state index contributed by atoms with van der Waals surface area (Å²) in [7, 11) is 3.15. The van der Waals surface area contributed by atoms with E-state index in [-0.39, 0.29) is 27.1 Å². The van der Waals surface area contributed by atoms with Crippen molar-refractivity contribution in [3.63, 3.8) is 0 Å². The highest BCUT2D eigenvalue weighted by molar-refractivity contribution is 6.33. The fourth-order valence-electron chi connectivity index (χ4n) is 2.83. The first-order valence-corrected chi connectivity index (χ1v) is 8.82. The van der Waals surface area contributed by atoms with E-state index in [1.54, 1.807) is 14.1 Å². The Morgan fingerprint density at radius 3 is 1.77 bits per heavy atom. The van der Waals surface area contributed by atoms with Crippen LogP contribution in [0.4, 0.5) is 11.4 Å². The predicted octanol–water partition coefficient (Wildman–Crippen LogP) is 2.86. The number of hydrogen-bond acceptors (Lipinski definition) is 6. The number of nitrogens with zero attached hydrogens (tertiary/aromatic N) is 4. The first kappa shape index (κ1) is 21.1. The van der Waals surface area contributed by atoms with Crippen molar-refractivity contribution in [2.24, 2.45) is 14.1 Å². The molecule has 0 bridgehead atoms. The van der Waals surface area contributed by atoms with Gasteiger partial charge in [0.1, 0.15) is 10.0 Å². The van der Waals surface area contributed by atoms with Crippen molar-refractivity contribution in [2.75, 3.05) is 0 Å². The summed E-state index contributed by atoms with van der Waals surface area (Å²) in [6.07, 6.45) is 0. The molecule has 0 aliphatic heterocycles. The van der Waals surface area contributed by atoms with E-state index in [4.69, 9.17) is 23.2 Å². The monoisotopic (exact) mass is 454 g/mol. The van der Waals surface area contributed by atoms with E-state index in [9.17, 15) is 29.8 Å². The third-order valence-electron chi connectivity index (χ3n) is 4.32. The quantitative estimate of drug-likeness (QED) is 0.349. The van der Waals surface area contributed by atoms with Gasteiger partial charge < -0.3 is 9.97 Å². The van der Waals surface area contributed by atoms with Crippen molar-refractivity contribution < 1.29 is 9.85 Å².